The van der Waals surface area contributed by atoms with Crippen molar-refractivity contribution in [2.45, 2.75) is 65.1 Å². The lowest BCUT2D eigenvalue weighted by molar-refractivity contribution is -0.130. The van der Waals surface area contributed by atoms with Crippen molar-refractivity contribution in [3.8, 4) is 0 Å². The summed E-state index contributed by atoms with van der Waals surface area (Å²) < 4.78 is 5.05. The van der Waals surface area contributed by atoms with Gasteiger partial charge in [-0.3, -0.25) is 10.1 Å². The molecule has 0 spiro atoms. The fraction of sp³-hybridized carbons (Fsp3) is 0.933. The van der Waals surface area contributed by atoms with Crippen LogP contribution in [0.25, 0.3) is 0 Å². The van der Waals surface area contributed by atoms with E-state index in [9.17, 15) is 4.79 Å². The van der Waals surface area contributed by atoms with Crippen LogP contribution >= 0.6 is 0 Å². The van der Waals surface area contributed by atoms with Gasteiger partial charge in [0.25, 0.3) is 0 Å². The van der Waals surface area contributed by atoms with Crippen molar-refractivity contribution < 1.29 is 9.53 Å². The van der Waals surface area contributed by atoms with Gasteiger partial charge in [-0.05, 0) is 38.0 Å². The molecule has 1 saturated heterocycles. The molecule has 1 aliphatic rings. The molecule has 0 bridgehead atoms. The molecule has 0 aromatic rings. The highest BCUT2D eigenvalue weighted by molar-refractivity contribution is 5.84. The number of methoxy groups -OCH3 is 1. The van der Waals surface area contributed by atoms with Crippen LogP contribution in [0.2, 0.25) is 0 Å². The molecule has 19 heavy (non-hydrogen) atoms. The summed E-state index contributed by atoms with van der Waals surface area (Å²) in [5.41, 5.74) is 0. The van der Waals surface area contributed by atoms with Gasteiger partial charge in [0.2, 0.25) is 5.91 Å². The van der Waals surface area contributed by atoms with Crippen molar-refractivity contribution in [1.29, 1.82) is 0 Å². The second kappa shape index (κ2) is 8.54. The summed E-state index contributed by atoms with van der Waals surface area (Å²) in [6, 6.07) is 0.0314. The topological polar surface area (TPSA) is 41.6 Å². The average molecular weight is 270 g/mol. The summed E-state index contributed by atoms with van der Waals surface area (Å²) >= 11 is 0. The lowest BCUT2D eigenvalue weighted by Crippen LogP contribution is -2.37. The Morgan fingerprint density at radius 3 is 2.63 bits per heavy atom. The number of unbranched alkanes of at least 4 members (excludes halogenated alkanes) is 2. The van der Waals surface area contributed by atoms with Crippen LogP contribution in [0.4, 0.5) is 0 Å². The minimum absolute atomic E-state index is 0.0314. The van der Waals surface area contributed by atoms with Gasteiger partial charge in [-0.2, -0.15) is 0 Å². The Hall–Kier alpha value is -0.610. The molecule has 2 atom stereocenters. The van der Waals surface area contributed by atoms with Crippen LogP contribution in [-0.2, 0) is 9.53 Å². The number of carbonyl (C=O) groups excluding carboxylic acids is 1. The third-order valence-corrected chi connectivity index (χ3v) is 3.69. The molecule has 0 aromatic heterocycles. The third kappa shape index (κ3) is 5.11. The second-order valence-electron chi connectivity index (χ2n) is 5.86. The van der Waals surface area contributed by atoms with Crippen LogP contribution in [0.1, 0.15) is 52.9 Å². The van der Waals surface area contributed by atoms with E-state index in [4.69, 9.17) is 4.74 Å². The first-order valence-electron chi connectivity index (χ1n) is 7.65. The highest BCUT2D eigenvalue weighted by Gasteiger charge is 2.37. The van der Waals surface area contributed by atoms with Crippen molar-refractivity contribution in [2.24, 2.45) is 5.92 Å². The maximum absolute atomic E-state index is 12.4. The molecule has 0 aromatic carbocycles. The van der Waals surface area contributed by atoms with Crippen LogP contribution < -0.4 is 5.32 Å². The third-order valence-electron chi connectivity index (χ3n) is 3.69. The van der Waals surface area contributed by atoms with E-state index in [1.165, 1.54) is 0 Å². The summed E-state index contributed by atoms with van der Waals surface area (Å²) in [4.78, 5) is 14.4. The molecule has 0 saturated carbocycles. The van der Waals surface area contributed by atoms with Crippen LogP contribution in [0.15, 0.2) is 0 Å². The lowest BCUT2D eigenvalue weighted by atomic mass is 10.0. The van der Waals surface area contributed by atoms with E-state index in [1.807, 2.05) is 4.90 Å². The van der Waals surface area contributed by atoms with Gasteiger partial charge in [0.05, 0.1) is 12.2 Å². The lowest BCUT2D eigenvalue weighted by Gasteiger charge is -2.22. The van der Waals surface area contributed by atoms with E-state index in [2.05, 4.69) is 26.1 Å². The Kier molecular flexibility index (Phi) is 7.39. The quantitative estimate of drug-likeness (QED) is 0.654. The van der Waals surface area contributed by atoms with Gasteiger partial charge in [-0.25, -0.2) is 0 Å². The molecule has 0 aliphatic carbocycles. The Bertz CT molecular complexity index is 269. The zero-order valence-electron chi connectivity index (χ0n) is 12.9. The molecule has 1 rings (SSSR count). The Morgan fingerprint density at radius 1 is 1.32 bits per heavy atom. The van der Waals surface area contributed by atoms with E-state index in [0.717, 1.165) is 45.3 Å². The molecule has 112 valence electrons. The minimum atomic E-state index is 0.0314. The summed E-state index contributed by atoms with van der Waals surface area (Å²) in [5, 5.41) is 3.48. The van der Waals surface area contributed by atoms with E-state index < -0.39 is 0 Å². The van der Waals surface area contributed by atoms with E-state index in [0.29, 0.717) is 11.8 Å². The normalized spacial score (nSPS) is 23.6. The van der Waals surface area contributed by atoms with Crippen molar-refractivity contribution in [3.63, 3.8) is 0 Å². The minimum Gasteiger partial charge on any atom is -0.385 e. The molecule has 2 unspecified atom stereocenters. The van der Waals surface area contributed by atoms with Gasteiger partial charge in [-0.15, -0.1) is 0 Å². The molecule has 1 fully saturated rings. The van der Waals surface area contributed by atoms with Gasteiger partial charge in [0, 0.05) is 20.3 Å². The number of carbonyl (C=O) groups is 1. The van der Waals surface area contributed by atoms with Crippen LogP contribution in [0, 0.1) is 5.92 Å². The largest absolute Gasteiger partial charge is 0.385 e. The highest BCUT2D eigenvalue weighted by Crippen LogP contribution is 2.19. The SMILES string of the molecule is CCC1NC(CC(C)C)C(=O)N1CCCCCOC. The first-order valence-corrected chi connectivity index (χ1v) is 7.65. The average Bonchev–Trinajstić information content (AvgIpc) is 2.66. The predicted molar refractivity (Wildman–Crippen MR) is 77.9 cm³/mol. The molecule has 0 radical (unpaired) electrons. The summed E-state index contributed by atoms with van der Waals surface area (Å²) in [5.74, 6) is 0.855. The smallest absolute Gasteiger partial charge is 0.241 e. The second-order valence-corrected chi connectivity index (χ2v) is 5.86. The van der Waals surface area contributed by atoms with Crippen molar-refractivity contribution >= 4 is 5.91 Å². The van der Waals surface area contributed by atoms with Gasteiger partial charge in [0.1, 0.15) is 0 Å². The zero-order valence-corrected chi connectivity index (χ0v) is 12.9. The summed E-state index contributed by atoms with van der Waals surface area (Å²) in [7, 11) is 1.73. The number of ether oxygens (including phenoxy) is 1. The maximum Gasteiger partial charge on any atom is 0.241 e. The Balaban J connectivity index is 2.39. The van der Waals surface area contributed by atoms with Gasteiger partial charge in [-0.1, -0.05) is 20.8 Å². The first-order chi connectivity index (χ1) is 9.10. The standard InChI is InChI=1S/C15H30N2O2/c1-5-14-16-13(11-12(2)3)15(18)17(14)9-7-6-8-10-19-4/h12-14,16H,5-11H2,1-4H3. The van der Waals surface area contributed by atoms with Gasteiger partial charge >= 0.3 is 0 Å². The number of hydrogen-bond donors (Lipinski definition) is 1. The highest BCUT2D eigenvalue weighted by atomic mass is 16.5. The first kappa shape index (κ1) is 16.4. The molecular weight excluding hydrogens is 240 g/mol. The molecule has 1 N–H and O–H groups in total. The molecule has 4 nitrogen and oxygen atoms in total. The molecule has 4 heteroatoms. The van der Waals surface area contributed by atoms with Crippen LogP contribution in [0.3, 0.4) is 0 Å². The Morgan fingerprint density at radius 2 is 2.05 bits per heavy atom. The van der Waals surface area contributed by atoms with Crippen molar-refractivity contribution in [2.75, 3.05) is 20.3 Å². The van der Waals surface area contributed by atoms with Crippen LogP contribution in [-0.4, -0.2) is 43.3 Å². The number of nitrogens with one attached hydrogen (secondary N) is 1. The number of nitrogens with zero attached hydrogens (tertiary/aromatic N) is 1. The molecule has 1 aliphatic heterocycles. The van der Waals surface area contributed by atoms with E-state index >= 15 is 0 Å². The van der Waals surface area contributed by atoms with Crippen LogP contribution in [0.5, 0.6) is 0 Å². The van der Waals surface area contributed by atoms with E-state index in [1.54, 1.807) is 7.11 Å². The summed E-state index contributed by atoms with van der Waals surface area (Å²) in [6.45, 7) is 8.18. The molecular formula is C15H30N2O2. The predicted octanol–water partition coefficient (Wildman–Crippen LogP) is 2.39. The number of amides is 1. The Labute approximate surface area is 117 Å². The van der Waals surface area contributed by atoms with Gasteiger partial charge in [0.15, 0.2) is 0 Å². The zero-order chi connectivity index (χ0) is 14.3. The molecule has 1 heterocycles. The van der Waals surface area contributed by atoms with E-state index in [-0.39, 0.29) is 12.2 Å². The number of rotatable bonds is 9. The van der Waals surface area contributed by atoms with Crippen molar-refractivity contribution in [1.82, 2.24) is 10.2 Å². The monoisotopic (exact) mass is 270 g/mol. The fourth-order valence-corrected chi connectivity index (χ4v) is 2.70. The fourth-order valence-electron chi connectivity index (χ4n) is 2.70. The maximum atomic E-state index is 12.4. The summed E-state index contributed by atoms with van der Waals surface area (Å²) in [6.07, 6.45) is 5.44. The van der Waals surface area contributed by atoms with Gasteiger partial charge < -0.3 is 9.64 Å². The van der Waals surface area contributed by atoms with Crippen molar-refractivity contribution in [3.05, 3.63) is 0 Å². The molecule has 1 amide bonds. The number of hydrogen-bond acceptors (Lipinski definition) is 3.